The number of rotatable bonds is 5. The van der Waals surface area contributed by atoms with Crippen molar-refractivity contribution in [1.82, 2.24) is 0 Å². The van der Waals surface area contributed by atoms with Crippen LogP contribution >= 0.6 is 27.5 Å². The van der Waals surface area contributed by atoms with Gasteiger partial charge in [0.15, 0.2) is 11.5 Å². The van der Waals surface area contributed by atoms with Crippen molar-refractivity contribution in [3.8, 4) is 29.9 Å². The number of hydrogen-bond donors (Lipinski definition) is 0. The molecule has 2 aromatic rings. The highest BCUT2D eigenvalue weighted by molar-refractivity contribution is 9.10. The zero-order valence-electron chi connectivity index (χ0n) is 12.8. The van der Waals surface area contributed by atoms with E-state index in [2.05, 4.69) is 27.9 Å². The van der Waals surface area contributed by atoms with Crippen molar-refractivity contribution < 1.29 is 9.47 Å². The number of allylic oxidation sites excluding steroid dienone is 1. The Labute approximate surface area is 154 Å². The number of nitrogens with zero attached hydrogens (tertiary/aromatic N) is 1. The Bertz CT molecular complexity index is 845. The summed E-state index contributed by atoms with van der Waals surface area (Å²) in [6.07, 6.45) is 6.94. The van der Waals surface area contributed by atoms with Crippen molar-refractivity contribution in [3.63, 3.8) is 0 Å². The van der Waals surface area contributed by atoms with E-state index in [9.17, 15) is 5.26 Å². The number of hydrogen-bond acceptors (Lipinski definition) is 3. The molecule has 2 aromatic carbocycles. The van der Waals surface area contributed by atoms with Gasteiger partial charge in [-0.05, 0) is 41.5 Å². The van der Waals surface area contributed by atoms with Gasteiger partial charge in [0.2, 0.25) is 0 Å². The quantitative estimate of drug-likeness (QED) is 0.393. The first kappa shape index (κ1) is 17.9. The maximum absolute atomic E-state index is 9.44. The molecule has 0 fully saturated rings. The van der Waals surface area contributed by atoms with Crippen molar-refractivity contribution in [2.45, 2.75) is 0 Å². The van der Waals surface area contributed by atoms with Crippen LogP contribution < -0.4 is 9.47 Å². The van der Waals surface area contributed by atoms with Gasteiger partial charge < -0.3 is 9.47 Å². The second kappa shape index (κ2) is 8.45. The van der Waals surface area contributed by atoms with Crippen molar-refractivity contribution in [3.05, 3.63) is 57.0 Å². The Morgan fingerprint density at radius 1 is 1.33 bits per heavy atom. The maximum atomic E-state index is 9.44. The van der Waals surface area contributed by atoms with Crippen LogP contribution in [0.5, 0.6) is 11.5 Å². The molecule has 0 aliphatic heterocycles. The number of terminal acetylenes is 1. The van der Waals surface area contributed by atoms with Crippen LogP contribution in [-0.2, 0) is 0 Å². The summed E-state index contributed by atoms with van der Waals surface area (Å²) >= 11 is 9.63. The molecular formula is C19H13BrClNO2. The van der Waals surface area contributed by atoms with Gasteiger partial charge in [-0.1, -0.05) is 45.6 Å². The Morgan fingerprint density at radius 3 is 2.62 bits per heavy atom. The van der Waals surface area contributed by atoms with Crippen LogP contribution in [0.4, 0.5) is 0 Å². The number of nitriles is 1. The lowest BCUT2D eigenvalue weighted by Gasteiger charge is -2.12. The Morgan fingerprint density at radius 2 is 2.04 bits per heavy atom. The summed E-state index contributed by atoms with van der Waals surface area (Å²) in [7, 11) is 1.52. The monoisotopic (exact) mass is 401 g/mol. The van der Waals surface area contributed by atoms with Crippen LogP contribution in [0, 0.1) is 23.7 Å². The van der Waals surface area contributed by atoms with Gasteiger partial charge >= 0.3 is 0 Å². The molecule has 0 spiro atoms. The van der Waals surface area contributed by atoms with E-state index < -0.39 is 0 Å². The minimum absolute atomic E-state index is 0.0909. The van der Waals surface area contributed by atoms with E-state index in [-0.39, 0.29) is 6.61 Å². The number of ether oxygens (including phenoxy) is 2. The van der Waals surface area contributed by atoms with Crippen LogP contribution in [0.2, 0.25) is 5.02 Å². The lowest BCUT2D eigenvalue weighted by atomic mass is 10.0. The van der Waals surface area contributed by atoms with Crippen LogP contribution in [-0.4, -0.2) is 13.7 Å². The largest absolute Gasteiger partial charge is 0.493 e. The van der Waals surface area contributed by atoms with E-state index >= 15 is 0 Å². The summed E-state index contributed by atoms with van der Waals surface area (Å²) in [4.78, 5) is 0. The van der Waals surface area contributed by atoms with Crippen molar-refractivity contribution in [1.29, 1.82) is 5.26 Å². The molecule has 3 nitrogen and oxygen atoms in total. The third-order valence-electron chi connectivity index (χ3n) is 3.14. The average molecular weight is 403 g/mol. The molecule has 0 bridgehead atoms. The summed E-state index contributed by atoms with van der Waals surface area (Å²) < 4.78 is 11.7. The van der Waals surface area contributed by atoms with Gasteiger partial charge in [-0.15, -0.1) is 6.42 Å². The molecule has 0 atom stereocenters. The van der Waals surface area contributed by atoms with E-state index in [1.807, 2.05) is 24.3 Å². The first-order valence-corrected chi connectivity index (χ1v) is 8.07. The molecule has 0 aliphatic carbocycles. The summed E-state index contributed by atoms with van der Waals surface area (Å²) in [5, 5.41) is 9.80. The molecule has 0 saturated carbocycles. The Kier molecular flexibility index (Phi) is 6.32. The van der Waals surface area contributed by atoms with E-state index in [0.29, 0.717) is 22.1 Å². The van der Waals surface area contributed by atoms with Gasteiger partial charge in [-0.25, -0.2) is 0 Å². The Hall–Kier alpha value is -2.40. The molecule has 0 radical (unpaired) electrons. The molecule has 0 saturated heterocycles. The van der Waals surface area contributed by atoms with Crippen LogP contribution in [0.3, 0.4) is 0 Å². The molecular weight excluding hydrogens is 390 g/mol. The highest BCUT2D eigenvalue weighted by Crippen LogP contribution is 2.37. The van der Waals surface area contributed by atoms with Gasteiger partial charge in [-0.3, -0.25) is 0 Å². The zero-order chi connectivity index (χ0) is 17.5. The van der Waals surface area contributed by atoms with Crippen LogP contribution in [0.1, 0.15) is 11.1 Å². The SMILES string of the molecule is C#CCOc1c(Cl)cc(/C=C(\C#N)c2ccc(Br)cc2)cc1OC. The summed E-state index contributed by atoms with van der Waals surface area (Å²) in [6.45, 7) is 0.0909. The molecule has 0 aromatic heterocycles. The van der Waals surface area contributed by atoms with E-state index in [1.54, 1.807) is 18.2 Å². The number of benzene rings is 2. The smallest absolute Gasteiger partial charge is 0.181 e. The highest BCUT2D eigenvalue weighted by Gasteiger charge is 2.12. The van der Waals surface area contributed by atoms with Gasteiger partial charge in [-0.2, -0.15) is 5.26 Å². The predicted octanol–water partition coefficient (Wildman–Crippen LogP) is 5.19. The fourth-order valence-corrected chi connectivity index (χ4v) is 2.59. The van der Waals surface area contributed by atoms with Crippen molar-refractivity contribution in [2.24, 2.45) is 0 Å². The van der Waals surface area contributed by atoms with Crippen molar-refractivity contribution >= 4 is 39.2 Å². The van der Waals surface area contributed by atoms with E-state index in [4.69, 9.17) is 27.5 Å². The topological polar surface area (TPSA) is 42.2 Å². The minimum atomic E-state index is 0.0909. The average Bonchev–Trinajstić information content (AvgIpc) is 2.59. The van der Waals surface area contributed by atoms with Gasteiger partial charge in [0.05, 0.1) is 23.8 Å². The molecule has 0 amide bonds. The predicted molar refractivity (Wildman–Crippen MR) is 100.0 cm³/mol. The van der Waals surface area contributed by atoms with Crippen molar-refractivity contribution in [2.75, 3.05) is 13.7 Å². The lowest BCUT2D eigenvalue weighted by Crippen LogP contribution is -1.98. The van der Waals surface area contributed by atoms with Crippen LogP contribution in [0.15, 0.2) is 40.9 Å². The molecule has 2 rings (SSSR count). The molecule has 0 unspecified atom stereocenters. The van der Waals surface area contributed by atoms with E-state index in [0.717, 1.165) is 15.6 Å². The fraction of sp³-hybridized carbons (Fsp3) is 0.105. The first-order chi connectivity index (χ1) is 11.6. The molecule has 0 N–H and O–H groups in total. The normalized spacial score (nSPS) is 10.6. The third kappa shape index (κ3) is 4.32. The number of halogens is 2. The van der Waals surface area contributed by atoms with Gasteiger partial charge in [0.1, 0.15) is 6.61 Å². The van der Waals surface area contributed by atoms with E-state index in [1.165, 1.54) is 7.11 Å². The summed E-state index contributed by atoms with van der Waals surface area (Å²) in [6, 6.07) is 13.1. The van der Waals surface area contributed by atoms with Gasteiger partial charge in [0.25, 0.3) is 0 Å². The zero-order valence-corrected chi connectivity index (χ0v) is 15.2. The highest BCUT2D eigenvalue weighted by atomic mass is 79.9. The molecule has 0 heterocycles. The standard InChI is InChI=1S/C19H13BrClNO2/c1-3-8-24-19-17(21)10-13(11-18(19)23-2)9-15(12-22)14-4-6-16(20)7-5-14/h1,4-7,9-11H,8H2,2H3/b15-9+. The molecule has 120 valence electrons. The molecule has 5 heteroatoms. The lowest BCUT2D eigenvalue weighted by molar-refractivity contribution is 0.331. The summed E-state index contributed by atoms with van der Waals surface area (Å²) in [5.74, 6) is 3.22. The Balaban J connectivity index is 2.44. The van der Waals surface area contributed by atoms with Crippen LogP contribution in [0.25, 0.3) is 11.6 Å². The maximum Gasteiger partial charge on any atom is 0.181 e. The molecule has 24 heavy (non-hydrogen) atoms. The second-order valence-corrected chi connectivity index (χ2v) is 6.03. The fourth-order valence-electron chi connectivity index (χ4n) is 2.05. The third-order valence-corrected chi connectivity index (χ3v) is 3.95. The van der Waals surface area contributed by atoms with Gasteiger partial charge in [0, 0.05) is 4.47 Å². The second-order valence-electron chi connectivity index (χ2n) is 4.70. The molecule has 0 aliphatic rings. The minimum Gasteiger partial charge on any atom is -0.493 e. The number of methoxy groups -OCH3 is 1. The summed E-state index contributed by atoms with van der Waals surface area (Å²) in [5.41, 5.74) is 2.05. The first-order valence-electron chi connectivity index (χ1n) is 6.90.